The van der Waals surface area contributed by atoms with Crippen molar-refractivity contribution >= 4 is 29.0 Å². The van der Waals surface area contributed by atoms with Crippen LogP contribution < -0.4 is 16.2 Å². The fraction of sp³-hybridized carbons (Fsp3) is 0.267. The molecule has 1 aromatic heterocycles. The maximum Gasteiger partial charge on any atom is 0.242 e. The number of hydrogen-bond donors (Lipinski definition) is 3. The second kappa shape index (κ2) is 6.99. The van der Waals surface area contributed by atoms with Gasteiger partial charge in [-0.05, 0) is 50.2 Å². The van der Waals surface area contributed by atoms with Crippen LogP contribution in [-0.4, -0.2) is 15.1 Å². The molecule has 0 aliphatic rings. The van der Waals surface area contributed by atoms with Crippen LogP contribution in [0.5, 0.6) is 0 Å². The van der Waals surface area contributed by atoms with E-state index in [1.807, 2.05) is 38.1 Å². The van der Waals surface area contributed by atoms with E-state index in [2.05, 4.69) is 39.1 Å². The number of aromatic nitrogens is 2. The highest BCUT2D eigenvalue weighted by molar-refractivity contribution is 7.80. The molecule has 0 aliphatic heterocycles. The molecule has 0 amide bonds. The second-order valence-corrected chi connectivity index (χ2v) is 5.10. The summed E-state index contributed by atoms with van der Waals surface area (Å²) in [5.41, 5.74) is 9.83. The summed E-state index contributed by atoms with van der Waals surface area (Å²) in [6.45, 7) is 5.96. The lowest BCUT2D eigenvalue weighted by molar-refractivity contribution is 0.991. The van der Waals surface area contributed by atoms with Gasteiger partial charge in [0.05, 0.1) is 0 Å². The van der Waals surface area contributed by atoms with Gasteiger partial charge in [0.2, 0.25) is 5.95 Å². The number of rotatable bonds is 4. The maximum atomic E-state index is 5.27. The molecule has 2 aromatic rings. The number of nitrogens with zero attached hydrogens (tertiary/aromatic N) is 2. The summed E-state index contributed by atoms with van der Waals surface area (Å²) in [6, 6.07) is 9.98. The number of hydrogen-bond acceptors (Lipinski definition) is 4. The molecule has 0 bridgehead atoms. The van der Waals surface area contributed by atoms with Crippen molar-refractivity contribution in [2.24, 2.45) is 0 Å². The van der Waals surface area contributed by atoms with Gasteiger partial charge in [-0.2, -0.15) is 0 Å². The van der Waals surface area contributed by atoms with Gasteiger partial charge in [0.15, 0.2) is 5.11 Å². The average molecular weight is 301 g/mol. The van der Waals surface area contributed by atoms with Crippen molar-refractivity contribution < 1.29 is 0 Å². The minimum Gasteiger partial charge on any atom is -0.331 e. The van der Waals surface area contributed by atoms with Crippen LogP contribution in [0.4, 0.5) is 11.6 Å². The molecule has 0 saturated heterocycles. The smallest absolute Gasteiger partial charge is 0.242 e. The van der Waals surface area contributed by atoms with Crippen LogP contribution in [0.2, 0.25) is 0 Å². The monoisotopic (exact) mass is 301 g/mol. The van der Waals surface area contributed by atoms with Crippen LogP contribution in [0.25, 0.3) is 0 Å². The highest BCUT2D eigenvalue weighted by atomic mass is 32.1. The standard InChI is InChI=1S/C15H19N5S/c1-4-12-7-5-6-8-13(12)18-15(21)20-19-14-16-10(2)9-11(3)17-14/h5-9H,4H2,1-3H3,(H,16,17,19)(H2,18,20,21). The van der Waals surface area contributed by atoms with Gasteiger partial charge in [0.1, 0.15) is 0 Å². The van der Waals surface area contributed by atoms with Gasteiger partial charge in [0.25, 0.3) is 0 Å². The quantitative estimate of drug-likeness (QED) is 0.596. The first-order valence-corrected chi connectivity index (χ1v) is 7.22. The molecule has 6 heteroatoms. The van der Waals surface area contributed by atoms with E-state index in [1.165, 1.54) is 5.56 Å². The Bertz CT molecular complexity index is 621. The van der Waals surface area contributed by atoms with E-state index in [4.69, 9.17) is 12.2 Å². The lowest BCUT2D eigenvalue weighted by Gasteiger charge is -2.14. The van der Waals surface area contributed by atoms with Crippen molar-refractivity contribution in [1.29, 1.82) is 0 Å². The van der Waals surface area contributed by atoms with Gasteiger partial charge in [-0.3, -0.25) is 10.9 Å². The van der Waals surface area contributed by atoms with Crippen molar-refractivity contribution in [3.05, 3.63) is 47.3 Å². The van der Waals surface area contributed by atoms with Gasteiger partial charge in [-0.1, -0.05) is 25.1 Å². The number of para-hydroxylation sites is 1. The Labute approximate surface area is 130 Å². The molecule has 0 unspecified atom stereocenters. The molecule has 110 valence electrons. The summed E-state index contributed by atoms with van der Waals surface area (Å²) in [6.07, 6.45) is 0.944. The van der Waals surface area contributed by atoms with Crippen molar-refractivity contribution in [3.8, 4) is 0 Å². The van der Waals surface area contributed by atoms with Crippen LogP contribution in [0.1, 0.15) is 23.9 Å². The van der Waals surface area contributed by atoms with Crippen LogP contribution in [0, 0.1) is 13.8 Å². The Balaban J connectivity index is 1.96. The van der Waals surface area contributed by atoms with Gasteiger partial charge in [-0.15, -0.1) is 0 Å². The summed E-state index contributed by atoms with van der Waals surface area (Å²) in [4.78, 5) is 8.55. The molecule has 2 rings (SSSR count). The zero-order valence-corrected chi connectivity index (χ0v) is 13.2. The minimum absolute atomic E-state index is 0.471. The molecule has 0 atom stereocenters. The largest absolute Gasteiger partial charge is 0.331 e. The zero-order chi connectivity index (χ0) is 15.2. The van der Waals surface area contributed by atoms with Crippen molar-refractivity contribution in [1.82, 2.24) is 15.4 Å². The lowest BCUT2D eigenvalue weighted by Crippen LogP contribution is -2.34. The molecule has 0 saturated carbocycles. The van der Waals surface area contributed by atoms with E-state index in [-0.39, 0.29) is 0 Å². The summed E-state index contributed by atoms with van der Waals surface area (Å²) in [7, 11) is 0. The van der Waals surface area contributed by atoms with E-state index in [9.17, 15) is 0 Å². The minimum atomic E-state index is 0.471. The summed E-state index contributed by atoms with van der Waals surface area (Å²) in [5.74, 6) is 0.500. The van der Waals surface area contributed by atoms with Gasteiger partial charge in [0, 0.05) is 17.1 Å². The number of benzene rings is 1. The zero-order valence-electron chi connectivity index (χ0n) is 12.4. The van der Waals surface area contributed by atoms with E-state index >= 15 is 0 Å². The molecule has 5 nitrogen and oxygen atoms in total. The predicted molar refractivity (Wildman–Crippen MR) is 90.3 cm³/mol. The first-order valence-electron chi connectivity index (χ1n) is 6.81. The highest BCUT2D eigenvalue weighted by Crippen LogP contribution is 2.15. The van der Waals surface area contributed by atoms with E-state index in [0.717, 1.165) is 23.5 Å². The Kier molecular flexibility index (Phi) is 5.05. The fourth-order valence-electron chi connectivity index (χ4n) is 2.00. The molecule has 0 aliphatic carbocycles. The lowest BCUT2D eigenvalue weighted by atomic mass is 10.1. The molecule has 0 fully saturated rings. The molecule has 0 radical (unpaired) electrons. The van der Waals surface area contributed by atoms with Crippen LogP contribution in [0.15, 0.2) is 30.3 Å². The number of thiocarbonyl (C=S) groups is 1. The van der Waals surface area contributed by atoms with Gasteiger partial charge >= 0.3 is 0 Å². The Morgan fingerprint density at radius 2 is 1.81 bits per heavy atom. The molecule has 1 aromatic carbocycles. The molecule has 3 N–H and O–H groups in total. The molecule has 1 heterocycles. The van der Waals surface area contributed by atoms with Crippen LogP contribution in [-0.2, 0) is 6.42 Å². The number of nitrogens with one attached hydrogen (secondary N) is 3. The maximum absolute atomic E-state index is 5.27. The first-order chi connectivity index (χ1) is 10.1. The predicted octanol–water partition coefficient (Wildman–Crippen LogP) is 2.97. The first kappa shape index (κ1) is 15.2. The SMILES string of the molecule is CCc1ccccc1NC(=S)NNc1nc(C)cc(C)n1. The Hall–Kier alpha value is -2.21. The third-order valence-corrected chi connectivity index (χ3v) is 3.12. The van der Waals surface area contributed by atoms with Crippen molar-refractivity contribution in [2.45, 2.75) is 27.2 Å². The molecular formula is C15H19N5S. The molecule has 0 spiro atoms. The number of aryl methyl sites for hydroxylation is 3. The summed E-state index contributed by atoms with van der Waals surface area (Å²) < 4.78 is 0. The fourth-order valence-corrected chi connectivity index (χ4v) is 2.16. The molecule has 21 heavy (non-hydrogen) atoms. The Morgan fingerprint density at radius 1 is 1.14 bits per heavy atom. The van der Waals surface area contributed by atoms with Crippen LogP contribution >= 0.6 is 12.2 Å². The third kappa shape index (κ3) is 4.39. The third-order valence-electron chi connectivity index (χ3n) is 2.92. The average Bonchev–Trinajstić information content (AvgIpc) is 2.45. The van der Waals surface area contributed by atoms with Crippen molar-refractivity contribution in [3.63, 3.8) is 0 Å². The topological polar surface area (TPSA) is 61.9 Å². The summed E-state index contributed by atoms with van der Waals surface area (Å²) in [5, 5.41) is 3.63. The van der Waals surface area contributed by atoms with E-state index < -0.39 is 0 Å². The van der Waals surface area contributed by atoms with Gasteiger partial charge < -0.3 is 5.32 Å². The molecular weight excluding hydrogens is 282 g/mol. The normalized spacial score (nSPS) is 10.0. The Morgan fingerprint density at radius 3 is 2.48 bits per heavy atom. The number of hydrazine groups is 1. The number of anilines is 2. The van der Waals surface area contributed by atoms with Gasteiger partial charge in [-0.25, -0.2) is 9.97 Å². The second-order valence-electron chi connectivity index (χ2n) is 4.69. The van der Waals surface area contributed by atoms with E-state index in [1.54, 1.807) is 0 Å². The summed E-state index contributed by atoms with van der Waals surface area (Å²) >= 11 is 5.27. The highest BCUT2D eigenvalue weighted by Gasteiger charge is 2.03. The van der Waals surface area contributed by atoms with Crippen LogP contribution in [0.3, 0.4) is 0 Å². The van der Waals surface area contributed by atoms with Crippen molar-refractivity contribution in [2.75, 3.05) is 10.7 Å². The van der Waals surface area contributed by atoms with E-state index in [0.29, 0.717) is 11.1 Å².